The number of benzene rings is 1. The van der Waals surface area contributed by atoms with Crippen molar-refractivity contribution in [3.05, 3.63) is 45.7 Å². The molecule has 192 valence electrons. The molecular formula is C26H37ClN4O4. The number of carbonyl (C=O) groups excluding carboxylic acids is 1. The number of rotatable bonds is 7. The van der Waals surface area contributed by atoms with Gasteiger partial charge in [-0.1, -0.05) is 11.6 Å². The van der Waals surface area contributed by atoms with Gasteiger partial charge in [-0.15, -0.1) is 0 Å². The number of amides is 1. The Hall–Kier alpha value is -2.13. The lowest BCUT2D eigenvalue weighted by atomic mass is 9.95. The normalized spacial score (nSPS) is 21.9. The number of halogens is 1. The van der Waals surface area contributed by atoms with Gasteiger partial charge < -0.3 is 19.5 Å². The van der Waals surface area contributed by atoms with Gasteiger partial charge in [0.2, 0.25) is 5.91 Å². The van der Waals surface area contributed by atoms with Gasteiger partial charge in [0.15, 0.2) is 0 Å². The highest BCUT2D eigenvalue weighted by Crippen LogP contribution is 2.30. The number of hydrogen-bond acceptors (Lipinski definition) is 6. The van der Waals surface area contributed by atoms with Gasteiger partial charge >= 0.3 is 0 Å². The van der Waals surface area contributed by atoms with E-state index in [1.807, 2.05) is 55.7 Å². The van der Waals surface area contributed by atoms with Gasteiger partial charge in [-0.05, 0) is 56.9 Å². The summed E-state index contributed by atoms with van der Waals surface area (Å²) in [4.78, 5) is 17.5. The number of aromatic nitrogens is 2. The monoisotopic (exact) mass is 504 g/mol. The first-order valence-corrected chi connectivity index (χ1v) is 12.7. The van der Waals surface area contributed by atoms with E-state index in [2.05, 4.69) is 10.00 Å². The van der Waals surface area contributed by atoms with Crippen LogP contribution in [0.3, 0.4) is 0 Å². The molecule has 0 saturated carbocycles. The molecule has 8 nitrogen and oxygen atoms in total. The molecule has 0 aliphatic carbocycles. The summed E-state index contributed by atoms with van der Waals surface area (Å²) in [5.41, 5.74) is 3.32. The predicted molar refractivity (Wildman–Crippen MR) is 135 cm³/mol. The number of likely N-dealkylation sites (tertiary alicyclic amines) is 1. The number of aliphatic hydroxyl groups is 1. The van der Waals surface area contributed by atoms with E-state index in [0.717, 1.165) is 40.7 Å². The number of nitrogens with zero attached hydrogens (tertiary/aromatic N) is 4. The van der Waals surface area contributed by atoms with E-state index < -0.39 is 5.60 Å². The quantitative estimate of drug-likeness (QED) is 0.624. The van der Waals surface area contributed by atoms with Crippen LogP contribution in [0.25, 0.3) is 0 Å². The van der Waals surface area contributed by atoms with Crippen LogP contribution in [0.5, 0.6) is 5.75 Å². The fraction of sp³-hybridized carbons (Fsp3) is 0.615. The Morgan fingerprint density at radius 2 is 1.91 bits per heavy atom. The van der Waals surface area contributed by atoms with Crippen LogP contribution >= 0.6 is 11.6 Å². The van der Waals surface area contributed by atoms with Crippen LogP contribution in [0.2, 0.25) is 5.02 Å². The van der Waals surface area contributed by atoms with Crippen LogP contribution in [-0.2, 0) is 23.1 Å². The molecule has 2 saturated heterocycles. The van der Waals surface area contributed by atoms with E-state index in [0.29, 0.717) is 39.1 Å². The van der Waals surface area contributed by atoms with Crippen LogP contribution in [0.15, 0.2) is 18.3 Å². The molecule has 2 aliphatic rings. The predicted octanol–water partition coefficient (Wildman–Crippen LogP) is 3.02. The standard InChI is InChI=1S/C26H37ClN4O4/c1-18-11-23(12-19(2)25(18)27)34-17-26(13-24(33)31-7-5-22(32)6-8-31)16-30(9-10-35-26)15-21-14-29(4)28-20(21)3/h11-12,14,22,32H,5-10,13,15-17H2,1-4H3/t26-/m0/s1. The highest BCUT2D eigenvalue weighted by Gasteiger charge is 2.41. The Morgan fingerprint density at radius 3 is 2.54 bits per heavy atom. The molecule has 0 radical (unpaired) electrons. The maximum absolute atomic E-state index is 13.3. The molecular weight excluding hydrogens is 468 g/mol. The van der Waals surface area contributed by atoms with Crippen molar-refractivity contribution in [1.82, 2.24) is 19.6 Å². The van der Waals surface area contributed by atoms with Gasteiger partial charge in [0.25, 0.3) is 0 Å². The Balaban J connectivity index is 1.52. The first-order valence-electron chi connectivity index (χ1n) is 12.3. The van der Waals surface area contributed by atoms with Gasteiger partial charge in [-0.25, -0.2) is 0 Å². The molecule has 9 heteroatoms. The number of piperidine rings is 1. The molecule has 3 heterocycles. The molecule has 1 aromatic carbocycles. The maximum atomic E-state index is 13.3. The minimum Gasteiger partial charge on any atom is -0.490 e. The summed E-state index contributed by atoms with van der Waals surface area (Å²) in [5.74, 6) is 0.768. The third-order valence-electron chi connectivity index (χ3n) is 7.04. The third kappa shape index (κ3) is 6.36. The average molecular weight is 505 g/mol. The first-order chi connectivity index (χ1) is 16.6. The van der Waals surface area contributed by atoms with E-state index >= 15 is 0 Å². The van der Waals surface area contributed by atoms with Crippen molar-refractivity contribution in [3.63, 3.8) is 0 Å². The molecule has 1 aromatic heterocycles. The lowest BCUT2D eigenvalue weighted by molar-refractivity contribution is -0.158. The van der Waals surface area contributed by atoms with Crippen LogP contribution in [0, 0.1) is 20.8 Å². The highest BCUT2D eigenvalue weighted by molar-refractivity contribution is 6.32. The lowest BCUT2D eigenvalue weighted by Crippen LogP contribution is -2.57. The van der Waals surface area contributed by atoms with E-state index in [1.54, 1.807) is 0 Å². The Kier molecular flexibility index (Phi) is 8.06. The van der Waals surface area contributed by atoms with Crippen LogP contribution < -0.4 is 4.74 Å². The fourth-order valence-electron chi connectivity index (χ4n) is 5.06. The number of aryl methyl sites for hydroxylation is 4. The SMILES string of the molecule is Cc1cc(OC[C@]2(CC(=O)N3CCC(O)CC3)CN(Cc3cn(C)nc3C)CCO2)cc(C)c1Cl. The zero-order valence-corrected chi connectivity index (χ0v) is 22.0. The number of aliphatic hydroxyl groups excluding tert-OH is 1. The molecule has 1 N–H and O–H groups in total. The molecule has 2 fully saturated rings. The Bertz CT molecular complexity index is 1030. The van der Waals surface area contributed by atoms with Gasteiger partial charge in [-0.2, -0.15) is 5.10 Å². The summed E-state index contributed by atoms with van der Waals surface area (Å²) < 4.78 is 14.4. The van der Waals surface area contributed by atoms with Gasteiger partial charge in [-0.3, -0.25) is 14.4 Å². The molecule has 0 unspecified atom stereocenters. The highest BCUT2D eigenvalue weighted by atomic mass is 35.5. The van der Waals surface area contributed by atoms with Crippen molar-refractivity contribution in [2.75, 3.05) is 39.4 Å². The average Bonchev–Trinajstić information content (AvgIpc) is 3.13. The van der Waals surface area contributed by atoms with Crippen molar-refractivity contribution < 1.29 is 19.4 Å². The van der Waals surface area contributed by atoms with E-state index in [1.165, 1.54) is 5.56 Å². The maximum Gasteiger partial charge on any atom is 0.225 e. The summed E-state index contributed by atoms with van der Waals surface area (Å²) in [6.07, 6.45) is 3.19. The summed E-state index contributed by atoms with van der Waals surface area (Å²) in [7, 11) is 1.93. The third-order valence-corrected chi connectivity index (χ3v) is 7.64. The van der Waals surface area contributed by atoms with Crippen molar-refractivity contribution in [2.45, 2.75) is 58.3 Å². The molecule has 2 aromatic rings. The van der Waals surface area contributed by atoms with E-state index in [-0.39, 0.29) is 25.0 Å². The van der Waals surface area contributed by atoms with Gasteiger partial charge in [0, 0.05) is 56.6 Å². The summed E-state index contributed by atoms with van der Waals surface area (Å²) in [6, 6.07) is 3.85. The van der Waals surface area contributed by atoms with Crippen molar-refractivity contribution in [1.29, 1.82) is 0 Å². The number of carbonyl (C=O) groups is 1. The molecule has 0 spiro atoms. The lowest BCUT2D eigenvalue weighted by Gasteiger charge is -2.43. The molecule has 2 aliphatic heterocycles. The van der Waals surface area contributed by atoms with E-state index in [9.17, 15) is 9.90 Å². The summed E-state index contributed by atoms with van der Waals surface area (Å²) >= 11 is 6.34. The topological polar surface area (TPSA) is 80.1 Å². The minimum atomic E-state index is -0.775. The van der Waals surface area contributed by atoms with Crippen molar-refractivity contribution >= 4 is 17.5 Å². The smallest absolute Gasteiger partial charge is 0.225 e. The zero-order valence-electron chi connectivity index (χ0n) is 21.2. The fourth-order valence-corrected chi connectivity index (χ4v) is 5.16. The summed E-state index contributed by atoms with van der Waals surface area (Å²) in [6.45, 7) is 9.97. The molecule has 4 rings (SSSR count). The largest absolute Gasteiger partial charge is 0.490 e. The molecule has 0 bridgehead atoms. The van der Waals surface area contributed by atoms with Crippen molar-refractivity contribution in [2.24, 2.45) is 7.05 Å². The second-order valence-electron chi connectivity index (χ2n) is 10.1. The Morgan fingerprint density at radius 1 is 1.23 bits per heavy atom. The molecule has 35 heavy (non-hydrogen) atoms. The van der Waals surface area contributed by atoms with Gasteiger partial charge in [0.1, 0.15) is 18.0 Å². The first kappa shape index (κ1) is 25.9. The molecule has 1 atom stereocenters. The minimum absolute atomic E-state index is 0.0448. The number of hydrogen-bond donors (Lipinski definition) is 1. The second-order valence-corrected chi connectivity index (χ2v) is 10.5. The number of ether oxygens (including phenoxy) is 2. The van der Waals surface area contributed by atoms with E-state index in [4.69, 9.17) is 21.1 Å². The van der Waals surface area contributed by atoms with Crippen LogP contribution in [0.1, 0.15) is 41.6 Å². The van der Waals surface area contributed by atoms with Crippen molar-refractivity contribution in [3.8, 4) is 5.75 Å². The number of morpholine rings is 1. The van der Waals surface area contributed by atoms with Gasteiger partial charge in [0.05, 0.1) is 24.8 Å². The molecule has 1 amide bonds. The summed E-state index contributed by atoms with van der Waals surface area (Å²) in [5, 5.41) is 15.1. The Labute approximate surface area is 212 Å². The van der Waals surface area contributed by atoms with Crippen LogP contribution in [0.4, 0.5) is 0 Å². The second kappa shape index (κ2) is 10.9. The zero-order chi connectivity index (χ0) is 25.2. The van der Waals surface area contributed by atoms with Crippen LogP contribution in [-0.4, -0.2) is 81.7 Å².